The standard InChI is InChI=1S/C10H17O2/c1-3-5-7-9-12-10(11)8-6-4-2/h6,8H,2-5,7,9H2,1H3/b8-6+. The van der Waals surface area contributed by atoms with Gasteiger partial charge in [0.25, 0.3) is 0 Å². The topological polar surface area (TPSA) is 26.3 Å². The van der Waals surface area contributed by atoms with E-state index in [1.165, 1.54) is 6.08 Å². The van der Waals surface area contributed by atoms with Crippen LogP contribution in [0, 0.1) is 6.92 Å². The summed E-state index contributed by atoms with van der Waals surface area (Å²) in [5.74, 6) is -0.255. The first kappa shape index (κ1) is 11.2. The molecule has 0 N–H and O–H groups in total. The van der Waals surface area contributed by atoms with E-state index in [0.717, 1.165) is 19.3 Å². The molecule has 0 aliphatic carbocycles. The molecule has 12 heavy (non-hydrogen) atoms. The van der Waals surface area contributed by atoms with Crippen molar-refractivity contribution >= 4 is 5.97 Å². The van der Waals surface area contributed by atoms with Gasteiger partial charge in [-0.05, 0) is 19.8 Å². The van der Waals surface area contributed by atoms with Crippen LogP contribution in [0.4, 0.5) is 0 Å². The molecule has 2 heteroatoms. The number of ether oxygens (including phenoxy) is 1. The van der Waals surface area contributed by atoms with Crippen LogP contribution in [0.5, 0.6) is 0 Å². The lowest BCUT2D eigenvalue weighted by Gasteiger charge is -1.99. The predicted molar refractivity (Wildman–Crippen MR) is 49.6 cm³/mol. The van der Waals surface area contributed by atoms with Crippen LogP contribution in [0.15, 0.2) is 12.2 Å². The summed E-state index contributed by atoms with van der Waals surface area (Å²) in [4.78, 5) is 10.8. The van der Waals surface area contributed by atoms with E-state index in [0.29, 0.717) is 13.0 Å². The predicted octanol–water partition coefficient (Wildman–Crippen LogP) is 2.50. The van der Waals surface area contributed by atoms with E-state index in [1.807, 2.05) is 0 Å². The van der Waals surface area contributed by atoms with E-state index >= 15 is 0 Å². The number of esters is 1. The van der Waals surface area contributed by atoms with Crippen molar-refractivity contribution in [1.29, 1.82) is 0 Å². The average Bonchev–Trinajstić information content (AvgIpc) is 2.09. The first-order valence-electron chi connectivity index (χ1n) is 4.43. The molecule has 0 heterocycles. The van der Waals surface area contributed by atoms with E-state index in [1.54, 1.807) is 6.08 Å². The molecule has 0 aromatic heterocycles. The number of hydrogen-bond acceptors (Lipinski definition) is 2. The van der Waals surface area contributed by atoms with Crippen LogP contribution in [0.25, 0.3) is 0 Å². The van der Waals surface area contributed by atoms with Crippen LogP contribution in [0.3, 0.4) is 0 Å². The molecular formula is C10H17O2. The minimum Gasteiger partial charge on any atom is -0.463 e. The molecule has 0 rings (SSSR count). The highest BCUT2D eigenvalue weighted by Gasteiger charge is 1.94. The van der Waals surface area contributed by atoms with Crippen molar-refractivity contribution in [3.05, 3.63) is 19.1 Å². The monoisotopic (exact) mass is 169 g/mol. The summed E-state index contributed by atoms with van der Waals surface area (Å²) in [6.45, 7) is 6.22. The van der Waals surface area contributed by atoms with Gasteiger partial charge in [0.05, 0.1) is 6.61 Å². The maximum absolute atomic E-state index is 10.8. The Morgan fingerprint density at radius 3 is 2.83 bits per heavy atom. The Hall–Kier alpha value is -0.790. The van der Waals surface area contributed by atoms with Crippen molar-refractivity contribution in [3.63, 3.8) is 0 Å². The second-order valence-corrected chi connectivity index (χ2v) is 2.57. The molecule has 0 aliphatic rings. The van der Waals surface area contributed by atoms with Crippen molar-refractivity contribution < 1.29 is 9.53 Å². The first-order valence-corrected chi connectivity index (χ1v) is 4.43. The molecule has 0 aliphatic heterocycles. The highest BCUT2D eigenvalue weighted by atomic mass is 16.5. The van der Waals surface area contributed by atoms with Crippen molar-refractivity contribution in [2.24, 2.45) is 0 Å². The largest absolute Gasteiger partial charge is 0.463 e. The summed E-state index contributed by atoms with van der Waals surface area (Å²) in [6.07, 6.45) is 6.98. The van der Waals surface area contributed by atoms with Gasteiger partial charge in [0.15, 0.2) is 0 Å². The second kappa shape index (κ2) is 8.31. The van der Waals surface area contributed by atoms with Gasteiger partial charge in [0.1, 0.15) is 0 Å². The number of carbonyl (C=O) groups excluding carboxylic acids is 1. The normalized spacial score (nSPS) is 10.5. The van der Waals surface area contributed by atoms with Crippen LogP contribution >= 0.6 is 0 Å². The summed E-state index contributed by atoms with van der Waals surface area (Å²) in [5, 5.41) is 0. The Morgan fingerprint density at radius 2 is 2.25 bits per heavy atom. The van der Waals surface area contributed by atoms with Gasteiger partial charge in [-0.25, -0.2) is 4.79 Å². The number of unbranched alkanes of at least 4 members (excludes halogenated alkanes) is 2. The molecule has 69 valence electrons. The smallest absolute Gasteiger partial charge is 0.330 e. The lowest BCUT2D eigenvalue weighted by atomic mass is 10.3. The third kappa shape index (κ3) is 7.32. The van der Waals surface area contributed by atoms with Gasteiger partial charge in [0.2, 0.25) is 0 Å². The zero-order valence-electron chi connectivity index (χ0n) is 7.71. The highest BCUT2D eigenvalue weighted by Crippen LogP contribution is 1.94. The minimum atomic E-state index is -0.255. The summed E-state index contributed by atoms with van der Waals surface area (Å²) in [5.41, 5.74) is 0. The van der Waals surface area contributed by atoms with Crippen molar-refractivity contribution in [2.75, 3.05) is 6.61 Å². The Labute approximate surface area is 74.6 Å². The second-order valence-electron chi connectivity index (χ2n) is 2.57. The minimum absolute atomic E-state index is 0.255. The fourth-order valence-corrected chi connectivity index (χ4v) is 0.752. The van der Waals surface area contributed by atoms with Crippen molar-refractivity contribution in [2.45, 2.75) is 32.6 Å². The summed E-state index contributed by atoms with van der Waals surface area (Å²) in [6, 6.07) is 0. The summed E-state index contributed by atoms with van der Waals surface area (Å²) >= 11 is 0. The van der Waals surface area contributed by atoms with Crippen LogP contribution in [0.1, 0.15) is 32.6 Å². The summed E-state index contributed by atoms with van der Waals surface area (Å²) < 4.78 is 4.89. The van der Waals surface area contributed by atoms with Crippen molar-refractivity contribution in [3.8, 4) is 0 Å². The zero-order valence-corrected chi connectivity index (χ0v) is 7.71. The average molecular weight is 169 g/mol. The van der Waals surface area contributed by atoms with Gasteiger partial charge >= 0.3 is 5.97 Å². The van der Waals surface area contributed by atoms with Gasteiger partial charge in [-0.3, -0.25) is 0 Å². The van der Waals surface area contributed by atoms with Gasteiger partial charge in [0, 0.05) is 6.08 Å². The van der Waals surface area contributed by atoms with E-state index in [-0.39, 0.29) is 5.97 Å². The molecule has 0 atom stereocenters. The molecule has 2 nitrogen and oxygen atoms in total. The molecule has 0 aromatic rings. The van der Waals surface area contributed by atoms with Crippen LogP contribution in [-0.2, 0) is 9.53 Å². The van der Waals surface area contributed by atoms with Gasteiger partial charge in [-0.2, -0.15) is 0 Å². The molecule has 1 radical (unpaired) electrons. The number of rotatable bonds is 6. The van der Waals surface area contributed by atoms with Gasteiger partial charge in [-0.1, -0.05) is 25.8 Å². The molecule has 0 saturated carbocycles. The third-order valence-corrected chi connectivity index (χ3v) is 1.41. The first-order chi connectivity index (χ1) is 5.81. The lowest BCUT2D eigenvalue weighted by molar-refractivity contribution is -0.137. The molecule has 0 spiro atoms. The van der Waals surface area contributed by atoms with Crippen LogP contribution in [-0.4, -0.2) is 12.6 Å². The number of carbonyl (C=O) groups is 1. The van der Waals surface area contributed by atoms with Crippen molar-refractivity contribution in [1.82, 2.24) is 0 Å². The molecular weight excluding hydrogens is 152 g/mol. The maximum atomic E-state index is 10.8. The molecule has 0 bridgehead atoms. The third-order valence-electron chi connectivity index (χ3n) is 1.41. The van der Waals surface area contributed by atoms with E-state index in [4.69, 9.17) is 4.74 Å². The van der Waals surface area contributed by atoms with Gasteiger partial charge < -0.3 is 4.74 Å². The van der Waals surface area contributed by atoms with E-state index < -0.39 is 0 Å². The molecule has 0 aromatic carbocycles. The molecule has 0 unspecified atom stereocenters. The Bertz CT molecular complexity index is 139. The maximum Gasteiger partial charge on any atom is 0.330 e. The van der Waals surface area contributed by atoms with Crippen LogP contribution < -0.4 is 0 Å². The number of allylic oxidation sites excluding steroid dienone is 1. The lowest BCUT2D eigenvalue weighted by Crippen LogP contribution is -2.01. The zero-order chi connectivity index (χ0) is 9.23. The van der Waals surface area contributed by atoms with E-state index in [2.05, 4.69) is 13.8 Å². The number of hydrogen-bond donors (Lipinski definition) is 0. The fraction of sp³-hybridized carbons (Fsp3) is 0.600. The van der Waals surface area contributed by atoms with Crippen LogP contribution in [0.2, 0.25) is 0 Å². The molecule has 0 saturated heterocycles. The Kier molecular flexibility index (Phi) is 7.76. The molecule has 0 fully saturated rings. The fourth-order valence-electron chi connectivity index (χ4n) is 0.752. The highest BCUT2D eigenvalue weighted by molar-refractivity contribution is 5.81. The quantitative estimate of drug-likeness (QED) is 0.347. The van der Waals surface area contributed by atoms with E-state index in [9.17, 15) is 4.79 Å². The Morgan fingerprint density at radius 1 is 1.50 bits per heavy atom. The SMILES string of the molecule is [CH2]C/C=C/C(=O)OCCCCC. The van der Waals surface area contributed by atoms with Gasteiger partial charge in [-0.15, -0.1) is 0 Å². The Balaban J connectivity index is 3.25. The summed E-state index contributed by atoms with van der Waals surface area (Å²) in [7, 11) is 0. The molecule has 0 amide bonds.